The van der Waals surface area contributed by atoms with Crippen LogP contribution in [0.3, 0.4) is 0 Å². The van der Waals surface area contributed by atoms with Crippen molar-refractivity contribution in [3.63, 3.8) is 0 Å². The second kappa shape index (κ2) is 9.64. The van der Waals surface area contributed by atoms with Crippen molar-refractivity contribution in [2.45, 2.75) is 44.6 Å². The fourth-order valence-electron chi connectivity index (χ4n) is 2.31. The minimum Gasteiger partial charge on any atom is -0.396 e. The summed E-state index contributed by atoms with van der Waals surface area (Å²) in [7, 11) is 0. The van der Waals surface area contributed by atoms with E-state index in [0.717, 1.165) is 43.6 Å². The minimum absolute atomic E-state index is 0.00921. The third-order valence-electron chi connectivity index (χ3n) is 3.40. The predicted molar refractivity (Wildman–Crippen MR) is 76.6 cm³/mol. The van der Waals surface area contributed by atoms with Crippen LogP contribution in [0.1, 0.15) is 38.5 Å². The average Bonchev–Trinajstić information content (AvgIpc) is 2.58. The van der Waals surface area contributed by atoms with Crippen molar-refractivity contribution in [3.05, 3.63) is 0 Å². The van der Waals surface area contributed by atoms with Crippen LogP contribution in [-0.2, 0) is 4.79 Å². The number of amides is 1. The molecule has 1 aliphatic carbocycles. The number of thioether (sulfide) groups is 1. The maximum absolute atomic E-state index is 12.0. The SMILES string of the molecule is NC1CCCCCC1C(=O)NCCSCCCO. The summed E-state index contributed by atoms with van der Waals surface area (Å²) in [6, 6.07) is 0.0366. The summed E-state index contributed by atoms with van der Waals surface area (Å²) in [6.45, 7) is 0.953. The molecule has 0 aromatic heterocycles. The molecule has 4 N–H and O–H groups in total. The number of aliphatic hydroxyl groups is 1. The van der Waals surface area contributed by atoms with Crippen LogP contribution in [-0.4, -0.2) is 41.7 Å². The van der Waals surface area contributed by atoms with E-state index in [4.69, 9.17) is 10.8 Å². The predicted octanol–water partition coefficient (Wildman–Crippen LogP) is 1.13. The molecule has 2 atom stereocenters. The topological polar surface area (TPSA) is 75.4 Å². The van der Waals surface area contributed by atoms with E-state index in [1.807, 2.05) is 0 Å². The molecule has 0 aromatic carbocycles. The van der Waals surface area contributed by atoms with Gasteiger partial charge in [-0.1, -0.05) is 19.3 Å². The molecule has 4 nitrogen and oxygen atoms in total. The molecule has 0 radical (unpaired) electrons. The van der Waals surface area contributed by atoms with Crippen molar-refractivity contribution < 1.29 is 9.90 Å². The fraction of sp³-hybridized carbons (Fsp3) is 0.923. The van der Waals surface area contributed by atoms with Gasteiger partial charge in [0, 0.05) is 24.9 Å². The Hall–Kier alpha value is -0.260. The highest BCUT2D eigenvalue weighted by molar-refractivity contribution is 7.99. The molecule has 1 saturated carbocycles. The highest BCUT2D eigenvalue weighted by Crippen LogP contribution is 2.22. The molecule has 106 valence electrons. The minimum atomic E-state index is 0.00921. The first kappa shape index (κ1) is 15.8. The van der Waals surface area contributed by atoms with Crippen molar-refractivity contribution in [1.29, 1.82) is 0 Å². The van der Waals surface area contributed by atoms with Gasteiger partial charge in [-0.3, -0.25) is 4.79 Å². The molecule has 1 amide bonds. The first-order valence-electron chi connectivity index (χ1n) is 6.97. The smallest absolute Gasteiger partial charge is 0.224 e. The maximum atomic E-state index is 12.0. The molecule has 0 heterocycles. The van der Waals surface area contributed by atoms with Crippen LogP contribution in [0.25, 0.3) is 0 Å². The van der Waals surface area contributed by atoms with E-state index in [0.29, 0.717) is 6.54 Å². The van der Waals surface area contributed by atoms with E-state index < -0.39 is 0 Å². The van der Waals surface area contributed by atoms with Gasteiger partial charge >= 0.3 is 0 Å². The first-order chi connectivity index (χ1) is 8.75. The maximum Gasteiger partial charge on any atom is 0.224 e. The van der Waals surface area contributed by atoms with Gasteiger partial charge in [0.25, 0.3) is 0 Å². The quantitative estimate of drug-likeness (QED) is 0.480. The normalized spacial score (nSPS) is 24.6. The van der Waals surface area contributed by atoms with Crippen LogP contribution in [0.4, 0.5) is 0 Å². The molecule has 0 aromatic rings. The largest absolute Gasteiger partial charge is 0.396 e. The van der Waals surface area contributed by atoms with Crippen molar-refractivity contribution in [2.75, 3.05) is 24.7 Å². The monoisotopic (exact) mass is 274 g/mol. The number of carbonyl (C=O) groups is 1. The lowest BCUT2D eigenvalue weighted by molar-refractivity contribution is -0.125. The zero-order valence-corrected chi connectivity index (χ0v) is 11.9. The van der Waals surface area contributed by atoms with E-state index in [1.165, 1.54) is 6.42 Å². The number of hydrogen-bond donors (Lipinski definition) is 3. The van der Waals surface area contributed by atoms with Gasteiger partial charge in [-0.2, -0.15) is 11.8 Å². The Morgan fingerprint density at radius 1 is 1.28 bits per heavy atom. The van der Waals surface area contributed by atoms with Gasteiger partial charge in [0.1, 0.15) is 0 Å². The van der Waals surface area contributed by atoms with Gasteiger partial charge in [0.15, 0.2) is 0 Å². The zero-order valence-electron chi connectivity index (χ0n) is 11.1. The Balaban J connectivity index is 2.14. The van der Waals surface area contributed by atoms with Crippen molar-refractivity contribution in [1.82, 2.24) is 5.32 Å². The lowest BCUT2D eigenvalue weighted by atomic mass is 9.95. The second-order valence-electron chi connectivity index (χ2n) is 4.89. The number of carbonyl (C=O) groups excluding carboxylic acids is 1. The molecule has 5 heteroatoms. The summed E-state index contributed by atoms with van der Waals surface area (Å²) in [4.78, 5) is 12.0. The third-order valence-corrected chi connectivity index (χ3v) is 4.47. The van der Waals surface area contributed by atoms with Crippen LogP contribution >= 0.6 is 11.8 Å². The number of hydrogen-bond acceptors (Lipinski definition) is 4. The van der Waals surface area contributed by atoms with Gasteiger partial charge in [-0.05, 0) is 25.0 Å². The molecule has 2 unspecified atom stereocenters. The lowest BCUT2D eigenvalue weighted by Gasteiger charge is -2.20. The molecule has 0 bridgehead atoms. The molecular weight excluding hydrogens is 248 g/mol. The summed E-state index contributed by atoms with van der Waals surface area (Å²) in [5.41, 5.74) is 6.06. The second-order valence-corrected chi connectivity index (χ2v) is 6.11. The summed E-state index contributed by atoms with van der Waals surface area (Å²) in [6.07, 6.45) is 6.22. The molecular formula is C13H26N2O2S. The molecule has 0 aliphatic heterocycles. The Morgan fingerprint density at radius 3 is 2.83 bits per heavy atom. The van der Waals surface area contributed by atoms with Crippen molar-refractivity contribution >= 4 is 17.7 Å². The van der Waals surface area contributed by atoms with E-state index >= 15 is 0 Å². The van der Waals surface area contributed by atoms with Crippen molar-refractivity contribution in [2.24, 2.45) is 11.7 Å². The summed E-state index contributed by atoms with van der Waals surface area (Å²) < 4.78 is 0. The van der Waals surface area contributed by atoms with Gasteiger partial charge in [-0.15, -0.1) is 0 Å². The molecule has 1 fully saturated rings. The fourth-order valence-corrected chi connectivity index (χ4v) is 3.09. The van der Waals surface area contributed by atoms with E-state index in [2.05, 4.69) is 5.32 Å². The van der Waals surface area contributed by atoms with Gasteiger partial charge < -0.3 is 16.2 Å². The van der Waals surface area contributed by atoms with Crippen LogP contribution in [0.15, 0.2) is 0 Å². The summed E-state index contributed by atoms with van der Waals surface area (Å²) in [5, 5.41) is 11.6. The number of nitrogens with two attached hydrogens (primary N) is 1. The number of rotatable bonds is 7. The Morgan fingerprint density at radius 2 is 2.06 bits per heavy atom. The summed E-state index contributed by atoms with van der Waals surface area (Å²) in [5.74, 6) is 2.00. The van der Waals surface area contributed by atoms with Gasteiger partial charge in [-0.25, -0.2) is 0 Å². The zero-order chi connectivity index (χ0) is 13.2. The third kappa shape index (κ3) is 6.07. The highest BCUT2D eigenvalue weighted by atomic mass is 32.2. The number of nitrogens with one attached hydrogen (secondary N) is 1. The average molecular weight is 274 g/mol. The van der Waals surface area contributed by atoms with E-state index in [-0.39, 0.29) is 24.5 Å². The molecule has 0 saturated heterocycles. The Kier molecular flexibility index (Phi) is 8.46. The molecule has 1 aliphatic rings. The number of aliphatic hydroxyl groups excluding tert-OH is 1. The van der Waals surface area contributed by atoms with Crippen molar-refractivity contribution in [3.8, 4) is 0 Å². The molecule has 1 rings (SSSR count). The standard InChI is InChI=1S/C13H26N2O2S/c14-12-6-3-1-2-5-11(12)13(17)15-7-10-18-9-4-8-16/h11-12,16H,1-10,14H2,(H,15,17). The highest BCUT2D eigenvalue weighted by Gasteiger charge is 2.26. The van der Waals surface area contributed by atoms with E-state index in [1.54, 1.807) is 11.8 Å². The Bertz CT molecular complexity index is 239. The lowest BCUT2D eigenvalue weighted by Crippen LogP contribution is -2.41. The molecule has 18 heavy (non-hydrogen) atoms. The van der Waals surface area contributed by atoms with Crippen LogP contribution < -0.4 is 11.1 Å². The van der Waals surface area contributed by atoms with E-state index in [9.17, 15) is 4.79 Å². The first-order valence-corrected chi connectivity index (χ1v) is 8.13. The van der Waals surface area contributed by atoms with Crippen LogP contribution in [0.2, 0.25) is 0 Å². The summed E-state index contributed by atoms with van der Waals surface area (Å²) >= 11 is 1.77. The van der Waals surface area contributed by atoms with Gasteiger partial charge in [0.05, 0.1) is 5.92 Å². The van der Waals surface area contributed by atoms with Crippen LogP contribution in [0, 0.1) is 5.92 Å². The van der Waals surface area contributed by atoms with Gasteiger partial charge in [0.2, 0.25) is 5.91 Å². The van der Waals surface area contributed by atoms with Crippen LogP contribution in [0.5, 0.6) is 0 Å². The molecule has 0 spiro atoms. The Labute approximate surface area is 114 Å².